The van der Waals surface area contributed by atoms with E-state index in [1.165, 1.54) is 0 Å². The Hall–Kier alpha value is -1.06. The lowest BCUT2D eigenvalue weighted by Gasteiger charge is -2.47. The highest BCUT2D eigenvalue weighted by molar-refractivity contribution is 5.99. The minimum Gasteiger partial charge on any atom is -0.340 e. The van der Waals surface area contributed by atoms with Crippen molar-refractivity contribution < 1.29 is 9.59 Å². The largest absolute Gasteiger partial charge is 0.340 e. The fourth-order valence-corrected chi connectivity index (χ4v) is 2.99. The minimum absolute atomic E-state index is 0.00205. The molecule has 1 heterocycles. The van der Waals surface area contributed by atoms with E-state index in [1.54, 1.807) is 0 Å². The van der Waals surface area contributed by atoms with E-state index in [9.17, 15) is 9.59 Å². The van der Waals surface area contributed by atoms with Gasteiger partial charge in [0.25, 0.3) is 0 Å². The van der Waals surface area contributed by atoms with Crippen LogP contribution < -0.4 is 5.32 Å². The Kier molecular flexibility index (Phi) is 5.46. The second-order valence-electron chi connectivity index (χ2n) is 7.78. The first-order valence-corrected chi connectivity index (χ1v) is 8.21. The fourth-order valence-electron chi connectivity index (χ4n) is 2.99. The second-order valence-corrected chi connectivity index (χ2v) is 7.78. The lowest BCUT2D eigenvalue weighted by Crippen LogP contribution is -2.71. The van der Waals surface area contributed by atoms with Crippen LogP contribution in [-0.2, 0) is 9.59 Å². The van der Waals surface area contributed by atoms with Crippen LogP contribution in [0.25, 0.3) is 0 Å². The molecule has 0 aromatic carbocycles. The van der Waals surface area contributed by atoms with Gasteiger partial charge < -0.3 is 10.2 Å². The molecule has 2 amide bonds. The van der Waals surface area contributed by atoms with Gasteiger partial charge >= 0.3 is 0 Å². The number of hydrogen-bond donors (Lipinski definition) is 1. The molecule has 1 saturated heterocycles. The SMILES string of the molecule is CCC1(CC)NC(=O)C(C(C)C)N(CCC(C)(C)C)C1=O. The molecule has 0 radical (unpaired) electrons. The molecule has 1 aliphatic rings. The zero-order chi connectivity index (χ0) is 16.4. The third kappa shape index (κ3) is 3.78. The summed E-state index contributed by atoms with van der Waals surface area (Å²) in [7, 11) is 0. The number of amides is 2. The molecule has 1 aliphatic heterocycles. The van der Waals surface area contributed by atoms with Crippen molar-refractivity contribution in [3.63, 3.8) is 0 Å². The van der Waals surface area contributed by atoms with Gasteiger partial charge in [0.15, 0.2) is 0 Å². The van der Waals surface area contributed by atoms with Gasteiger partial charge in [0.05, 0.1) is 0 Å². The molecule has 0 bridgehead atoms. The first-order valence-electron chi connectivity index (χ1n) is 8.21. The molecule has 1 atom stereocenters. The smallest absolute Gasteiger partial charge is 0.248 e. The van der Waals surface area contributed by atoms with Crippen LogP contribution in [0, 0.1) is 11.3 Å². The second kappa shape index (κ2) is 6.37. The summed E-state index contributed by atoms with van der Waals surface area (Å²) in [4.78, 5) is 27.4. The molecule has 0 spiro atoms. The summed E-state index contributed by atoms with van der Waals surface area (Å²) >= 11 is 0. The summed E-state index contributed by atoms with van der Waals surface area (Å²) in [6, 6.07) is -0.342. The van der Waals surface area contributed by atoms with E-state index in [0.29, 0.717) is 19.4 Å². The Balaban J connectivity index is 3.09. The van der Waals surface area contributed by atoms with Gasteiger partial charge in [-0.05, 0) is 30.6 Å². The van der Waals surface area contributed by atoms with E-state index in [-0.39, 0.29) is 29.2 Å². The molecule has 0 aliphatic carbocycles. The van der Waals surface area contributed by atoms with Gasteiger partial charge in [-0.25, -0.2) is 0 Å². The summed E-state index contributed by atoms with van der Waals surface area (Å²) in [5.74, 6) is 0.220. The molecule has 1 unspecified atom stereocenters. The van der Waals surface area contributed by atoms with Crippen LogP contribution >= 0.6 is 0 Å². The zero-order valence-electron chi connectivity index (χ0n) is 14.7. The van der Waals surface area contributed by atoms with Crippen LogP contribution in [0.1, 0.15) is 67.7 Å². The number of nitrogens with zero attached hydrogens (tertiary/aromatic N) is 1. The number of piperazine rings is 1. The Morgan fingerprint density at radius 1 is 1.19 bits per heavy atom. The van der Waals surface area contributed by atoms with Gasteiger partial charge in [0.2, 0.25) is 11.8 Å². The normalized spacial score (nSPS) is 22.7. The van der Waals surface area contributed by atoms with Crippen molar-refractivity contribution >= 4 is 11.8 Å². The van der Waals surface area contributed by atoms with Crippen LogP contribution in [0.15, 0.2) is 0 Å². The van der Waals surface area contributed by atoms with E-state index in [2.05, 4.69) is 26.1 Å². The third-order valence-corrected chi connectivity index (χ3v) is 4.58. The topological polar surface area (TPSA) is 49.4 Å². The van der Waals surface area contributed by atoms with Gasteiger partial charge in [0.1, 0.15) is 11.6 Å². The molecule has 1 N–H and O–H groups in total. The number of carbonyl (C=O) groups is 2. The van der Waals surface area contributed by atoms with E-state index >= 15 is 0 Å². The molecule has 0 saturated carbocycles. The summed E-state index contributed by atoms with van der Waals surface area (Å²) in [6.07, 6.45) is 2.19. The van der Waals surface area contributed by atoms with Crippen LogP contribution in [0.5, 0.6) is 0 Å². The van der Waals surface area contributed by atoms with Crippen molar-refractivity contribution in [1.82, 2.24) is 10.2 Å². The van der Waals surface area contributed by atoms with E-state index in [4.69, 9.17) is 0 Å². The predicted molar refractivity (Wildman–Crippen MR) is 85.9 cm³/mol. The maximum Gasteiger partial charge on any atom is 0.248 e. The first-order chi connectivity index (χ1) is 9.58. The maximum atomic E-state index is 13.0. The molecule has 1 fully saturated rings. The standard InChI is InChI=1S/C17H32N2O2/c1-8-17(9-2)15(21)19(11-10-16(5,6)7)13(12(3)4)14(20)18-17/h12-13H,8-11H2,1-7H3,(H,18,20). The van der Waals surface area contributed by atoms with Crippen molar-refractivity contribution in [2.24, 2.45) is 11.3 Å². The molecule has 4 heteroatoms. The summed E-state index contributed by atoms with van der Waals surface area (Å²) < 4.78 is 0. The van der Waals surface area contributed by atoms with Crippen molar-refractivity contribution in [2.45, 2.75) is 79.3 Å². The van der Waals surface area contributed by atoms with Crippen LogP contribution in [0.3, 0.4) is 0 Å². The average Bonchev–Trinajstić information content (AvgIpc) is 2.37. The summed E-state index contributed by atoms with van der Waals surface area (Å²) in [5, 5.41) is 3.01. The quantitative estimate of drug-likeness (QED) is 0.848. The molecule has 0 aromatic heterocycles. The number of carbonyl (C=O) groups excluding carboxylic acids is 2. The Morgan fingerprint density at radius 3 is 2.10 bits per heavy atom. The van der Waals surface area contributed by atoms with Crippen LogP contribution in [-0.4, -0.2) is 34.8 Å². The molecule has 4 nitrogen and oxygen atoms in total. The minimum atomic E-state index is -0.708. The summed E-state index contributed by atoms with van der Waals surface area (Å²) in [6.45, 7) is 15.1. The van der Waals surface area contributed by atoms with Gasteiger partial charge in [-0.3, -0.25) is 9.59 Å². The monoisotopic (exact) mass is 296 g/mol. The van der Waals surface area contributed by atoms with Crippen molar-refractivity contribution in [1.29, 1.82) is 0 Å². The first kappa shape index (κ1) is 18.0. The van der Waals surface area contributed by atoms with Crippen molar-refractivity contribution in [2.75, 3.05) is 6.54 Å². The van der Waals surface area contributed by atoms with Gasteiger partial charge in [-0.1, -0.05) is 48.5 Å². The van der Waals surface area contributed by atoms with Gasteiger partial charge in [-0.2, -0.15) is 0 Å². The highest BCUT2D eigenvalue weighted by Gasteiger charge is 2.49. The zero-order valence-corrected chi connectivity index (χ0v) is 14.7. The molecular formula is C17H32N2O2. The maximum absolute atomic E-state index is 13.0. The van der Waals surface area contributed by atoms with Crippen molar-refractivity contribution in [3.05, 3.63) is 0 Å². The molecule has 0 aromatic rings. The lowest BCUT2D eigenvalue weighted by atomic mass is 9.83. The Morgan fingerprint density at radius 2 is 1.71 bits per heavy atom. The molecular weight excluding hydrogens is 264 g/mol. The number of nitrogens with one attached hydrogen (secondary N) is 1. The highest BCUT2D eigenvalue weighted by atomic mass is 16.2. The van der Waals surface area contributed by atoms with Crippen LogP contribution in [0.4, 0.5) is 0 Å². The number of hydrogen-bond acceptors (Lipinski definition) is 2. The number of rotatable bonds is 5. The van der Waals surface area contributed by atoms with E-state index in [0.717, 1.165) is 6.42 Å². The van der Waals surface area contributed by atoms with E-state index < -0.39 is 5.54 Å². The molecule has 21 heavy (non-hydrogen) atoms. The summed E-state index contributed by atoms with van der Waals surface area (Å²) in [5.41, 5.74) is -0.558. The van der Waals surface area contributed by atoms with E-state index in [1.807, 2.05) is 32.6 Å². The average molecular weight is 296 g/mol. The lowest BCUT2D eigenvalue weighted by molar-refractivity contribution is -0.157. The molecule has 122 valence electrons. The van der Waals surface area contributed by atoms with Gasteiger partial charge in [0, 0.05) is 6.54 Å². The predicted octanol–water partition coefficient (Wildman–Crippen LogP) is 2.96. The van der Waals surface area contributed by atoms with Gasteiger partial charge in [-0.15, -0.1) is 0 Å². The Bertz CT molecular complexity index is 392. The van der Waals surface area contributed by atoms with Crippen LogP contribution in [0.2, 0.25) is 0 Å². The third-order valence-electron chi connectivity index (χ3n) is 4.58. The molecule has 1 rings (SSSR count). The highest BCUT2D eigenvalue weighted by Crippen LogP contribution is 2.29. The Labute approximate surface area is 129 Å². The van der Waals surface area contributed by atoms with Crippen molar-refractivity contribution in [3.8, 4) is 0 Å². The fraction of sp³-hybridized carbons (Fsp3) is 0.882.